The van der Waals surface area contributed by atoms with Crippen LogP contribution in [0.2, 0.25) is 0 Å². The van der Waals surface area contributed by atoms with Gasteiger partial charge in [-0.05, 0) is 13.3 Å². The van der Waals surface area contributed by atoms with Crippen LogP contribution in [0.4, 0.5) is 0 Å². The average Bonchev–Trinajstić information content (AvgIpc) is 2.34. The molecule has 0 radical (unpaired) electrons. The van der Waals surface area contributed by atoms with Crippen LogP contribution in [0.5, 0.6) is 0 Å². The van der Waals surface area contributed by atoms with Crippen LogP contribution in [0, 0.1) is 11.3 Å². The minimum atomic E-state index is 0.0133. The number of azo groups is 1. The second-order valence-electron chi connectivity index (χ2n) is 4.68. The zero-order chi connectivity index (χ0) is 8.98. The van der Waals surface area contributed by atoms with Gasteiger partial charge < -0.3 is 0 Å². The van der Waals surface area contributed by atoms with Gasteiger partial charge in [0.15, 0.2) is 0 Å². The van der Waals surface area contributed by atoms with Crippen molar-refractivity contribution in [3.8, 4) is 0 Å². The van der Waals surface area contributed by atoms with E-state index in [1.54, 1.807) is 0 Å². The summed E-state index contributed by atoms with van der Waals surface area (Å²) in [5.74, 6) is 0.523. The Kier molecular flexibility index (Phi) is 1.31. The standard InChI is InChI=1S/C10H16N2/c1-5-7-6-8-9(2,3)10(7,4)12-11-8/h5,7-8H,1,6H2,2-4H3. The smallest absolute Gasteiger partial charge is 0.0922 e. The zero-order valence-electron chi connectivity index (χ0n) is 8.04. The topological polar surface area (TPSA) is 24.7 Å². The highest BCUT2D eigenvalue weighted by Crippen LogP contribution is 2.57. The largest absolute Gasteiger partial charge is 0.190 e. The predicted octanol–water partition coefficient (Wildman–Crippen LogP) is 2.81. The van der Waals surface area contributed by atoms with Crippen molar-refractivity contribution in [3.63, 3.8) is 0 Å². The molecule has 66 valence electrons. The lowest BCUT2D eigenvalue weighted by Gasteiger charge is -2.33. The number of fused-ring (bicyclic) bond motifs is 2. The van der Waals surface area contributed by atoms with Crippen LogP contribution in [0.3, 0.4) is 0 Å². The monoisotopic (exact) mass is 164 g/mol. The van der Waals surface area contributed by atoms with E-state index in [4.69, 9.17) is 0 Å². The van der Waals surface area contributed by atoms with Crippen LogP contribution in [-0.2, 0) is 0 Å². The predicted molar refractivity (Wildman–Crippen MR) is 49.1 cm³/mol. The molecule has 0 aromatic heterocycles. The molecule has 12 heavy (non-hydrogen) atoms. The van der Waals surface area contributed by atoms with Gasteiger partial charge in [-0.15, -0.1) is 6.58 Å². The molecule has 2 nitrogen and oxygen atoms in total. The third kappa shape index (κ3) is 0.621. The summed E-state index contributed by atoms with van der Waals surface area (Å²) in [5.41, 5.74) is 0.241. The number of hydrogen-bond acceptors (Lipinski definition) is 2. The Morgan fingerprint density at radius 2 is 2.08 bits per heavy atom. The van der Waals surface area contributed by atoms with E-state index in [1.165, 1.54) is 0 Å². The lowest BCUT2D eigenvalue weighted by atomic mass is 9.73. The van der Waals surface area contributed by atoms with Crippen LogP contribution >= 0.6 is 0 Å². The first kappa shape index (κ1) is 7.96. The quantitative estimate of drug-likeness (QED) is 0.532. The fraction of sp³-hybridized carbons (Fsp3) is 0.800. The summed E-state index contributed by atoms with van der Waals surface area (Å²) < 4.78 is 0. The molecule has 0 N–H and O–H groups in total. The molecule has 0 saturated heterocycles. The van der Waals surface area contributed by atoms with E-state index in [-0.39, 0.29) is 11.0 Å². The summed E-state index contributed by atoms with van der Waals surface area (Å²) in [6, 6.07) is 0.422. The van der Waals surface area contributed by atoms with Gasteiger partial charge in [0.2, 0.25) is 0 Å². The third-order valence-electron chi connectivity index (χ3n) is 4.03. The number of hydrogen-bond donors (Lipinski definition) is 0. The molecule has 1 fully saturated rings. The van der Waals surface area contributed by atoms with Crippen molar-refractivity contribution in [1.29, 1.82) is 0 Å². The molecule has 0 amide bonds. The highest BCUT2D eigenvalue weighted by Gasteiger charge is 2.61. The molecule has 0 aromatic rings. The van der Waals surface area contributed by atoms with E-state index in [9.17, 15) is 0 Å². The minimum absolute atomic E-state index is 0.0133. The van der Waals surface area contributed by atoms with Crippen molar-refractivity contribution in [1.82, 2.24) is 0 Å². The summed E-state index contributed by atoms with van der Waals surface area (Å²) in [6.45, 7) is 10.6. The van der Waals surface area contributed by atoms with E-state index < -0.39 is 0 Å². The normalized spacial score (nSPS) is 48.2. The van der Waals surface area contributed by atoms with Crippen LogP contribution in [0.25, 0.3) is 0 Å². The van der Waals surface area contributed by atoms with E-state index in [0.29, 0.717) is 12.0 Å². The van der Waals surface area contributed by atoms with Crippen LogP contribution in [0.15, 0.2) is 22.9 Å². The molecule has 1 heterocycles. The molecular formula is C10H16N2. The fourth-order valence-electron chi connectivity index (χ4n) is 2.49. The molecule has 3 atom stereocenters. The first-order valence-electron chi connectivity index (χ1n) is 4.57. The SMILES string of the molecule is C=CC1CC2N=NC1(C)C2(C)C. The van der Waals surface area contributed by atoms with Crippen LogP contribution < -0.4 is 0 Å². The van der Waals surface area contributed by atoms with Gasteiger partial charge in [-0.25, -0.2) is 0 Å². The number of nitrogens with zero attached hydrogens (tertiary/aromatic N) is 2. The van der Waals surface area contributed by atoms with E-state index in [2.05, 4.69) is 37.6 Å². The lowest BCUT2D eigenvalue weighted by molar-refractivity contribution is 0.226. The Bertz CT molecular complexity index is 255. The van der Waals surface area contributed by atoms with E-state index in [0.717, 1.165) is 6.42 Å². The molecule has 1 saturated carbocycles. The van der Waals surface area contributed by atoms with Gasteiger partial charge in [-0.2, -0.15) is 10.2 Å². The van der Waals surface area contributed by atoms with Gasteiger partial charge in [0.25, 0.3) is 0 Å². The molecule has 2 aliphatic rings. The maximum atomic E-state index is 4.39. The van der Waals surface area contributed by atoms with Gasteiger partial charge >= 0.3 is 0 Å². The molecule has 1 aliphatic carbocycles. The van der Waals surface area contributed by atoms with Crippen LogP contribution in [0.1, 0.15) is 27.2 Å². The lowest BCUT2D eigenvalue weighted by Crippen LogP contribution is -2.39. The minimum Gasteiger partial charge on any atom is -0.190 e. The summed E-state index contributed by atoms with van der Waals surface area (Å²) in [6.07, 6.45) is 3.18. The highest BCUT2D eigenvalue weighted by molar-refractivity contribution is 5.20. The Labute approximate surface area is 73.8 Å². The molecule has 2 heteroatoms. The molecule has 3 unspecified atom stereocenters. The zero-order valence-corrected chi connectivity index (χ0v) is 8.04. The summed E-state index contributed by atoms with van der Waals surface area (Å²) in [5, 5.41) is 8.70. The molecule has 2 rings (SSSR count). The van der Waals surface area contributed by atoms with E-state index >= 15 is 0 Å². The van der Waals surface area contributed by atoms with Gasteiger partial charge in [-0.1, -0.05) is 19.9 Å². The third-order valence-corrected chi connectivity index (χ3v) is 4.03. The van der Waals surface area contributed by atoms with Crippen molar-refractivity contribution >= 4 is 0 Å². The highest BCUT2D eigenvalue weighted by atomic mass is 15.3. The average molecular weight is 164 g/mol. The molecular weight excluding hydrogens is 148 g/mol. The number of rotatable bonds is 1. The second kappa shape index (κ2) is 1.98. The summed E-state index contributed by atoms with van der Waals surface area (Å²) in [4.78, 5) is 0. The molecule has 0 aromatic carbocycles. The Morgan fingerprint density at radius 3 is 2.33 bits per heavy atom. The van der Waals surface area contributed by atoms with Crippen molar-refractivity contribution in [3.05, 3.63) is 12.7 Å². The van der Waals surface area contributed by atoms with Crippen molar-refractivity contribution < 1.29 is 0 Å². The Morgan fingerprint density at radius 1 is 1.42 bits per heavy atom. The Hall–Kier alpha value is -0.660. The van der Waals surface area contributed by atoms with Gasteiger partial charge in [0.1, 0.15) is 0 Å². The van der Waals surface area contributed by atoms with Crippen molar-refractivity contribution in [2.75, 3.05) is 0 Å². The van der Waals surface area contributed by atoms with E-state index in [1.807, 2.05) is 6.08 Å². The Balaban J connectivity index is 2.45. The van der Waals surface area contributed by atoms with Crippen LogP contribution in [-0.4, -0.2) is 11.6 Å². The maximum Gasteiger partial charge on any atom is 0.0922 e. The van der Waals surface area contributed by atoms with Gasteiger partial charge in [-0.3, -0.25) is 0 Å². The first-order chi connectivity index (χ1) is 5.52. The first-order valence-corrected chi connectivity index (χ1v) is 4.57. The summed E-state index contributed by atoms with van der Waals surface area (Å²) in [7, 11) is 0. The molecule has 2 bridgehead atoms. The van der Waals surface area contributed by atoms with Crippen molar-refractivity contribution in [2.45, 2.75) is 38.8 Å². The molecule has 0 spiro atoms. The van der Waals surface area contributed by atoms with Gasteiger partial charge in [0.05, 0.1) is 11.6 Å². The fourth-order valence-corrected chi connectivity index (χ4v) is 2.49. The maximum absolute atomic E-state index is 4.39. The molecule has 1 aliphatic heterocycles. The second-order valence-corrected chi connectivity index (χ2v) is 4.68. The van der Waals surface area contributed by atoms with Crippen molar-refractivity contribution in [2.24, 2.45) is 21.6 Å². The summed E-state index contributed by atoms with van der Waals surface area (Å²) >= 11 is 0. The van der Waals surface area contributed by atoms with Gasteiger partial charge in [0, 0.05) is 11.3 Å².